The normalized spacial score (nSPS) is 13.4. The first kappa shape index (κ1) is 28.1. The fourth-order valence-electron chi connectivity index (χ4n) is 7.96. The second-order valence-electron chi connectivity index (χ2n) is 13.1. The maximum Gasteiger partial charge on any atom is 0.238 e. The Labute approximate surface area is 292 Å². The molecule has 4 aromatic heterocycles. The summed E-state index contributed by atoms with van der Waals surface area (Å²) in [6.07, 6.45) is 8.67. The molecule has 6 aromatic carbocycles. The van der Waals surface area contributed by atoms with Gasteiger partial charge in [-0.1, -0.05) is 109 Å². The molecule has 11 rings (SSSR count). The van der Waals surface area contributed by atoms with Gasteiger partial charge in [-0.15, -0.1) is 0 Å². The third-order valence-corrected chi connectivity index (χ3v) is 10.2. The van der Waals surface area contributed by atoms with Gasteiger partial charge in [0.15, 0.2) is 11.6 Å². The minimum Gasteiger partial charge on any atom is -0.455 e. The zero-order valence-corrected chi connectivity index (χ0v) is 27.5. The van der Waals surface area contributed by atoms with E-state index >= 15 is 0 Å². The van der Waals surface area contributed by atoms with Gasteiger partial charge in [-0.3, -0.25) is 4.57 Å². The van der Waals surface area contributed by atoms with Gasteiger partial charge in [0.1, 0.15) is 11.2 Å². The fourth-order valence-corrected chi connectivity index (χ4v) is 7.96. The molecule has 1 aliphatic rings. The topological polar surface area (TPSA) is 61.7 Å². The van der Waals surface area contributed by atoms with Gasteiger partial charge in [-0.2, -0.15) is 9.97 Å². The summed E-state index contributed by atoms with van der Waals surface area (Å²) in [6.45, 7) is 0. The highest BCUT2D eigenvalue weighted by Crippen LogP contribution is 2.41. The Balaban J connectivity index is 1.24. The molecule has 0 unspecified atom stereocenters. The van der Waals surface area contributed by atoms with Gasteiger partial charge in [-0.25, -0.2) is 4.98 Å². The Morgan fingerprint density at radius 2 is 1.18 bits per heavy atom. The van der Waals surface area contributed by atoms with Crippen LogP contribution in [0.3, 0.4) is 0 Å². The summed E-state index contributed by atoms with van der Waals surface area (Å²) < 4.78 is 11.1. The highest BCUT2D eigenvalue weighted by Gasteiger charge is 2.22. The number of benzene rings is 6. The van der Waals surface area contributed by atoms with Crippen molar-refractivity contribution in [3.05, 3.63) is 152 Å². The van der Waals surface area contributed by atoms with Crippen LogP contribution < -0.4 is 0 Å². The Morgan fingerprint density at radius 3 is 1.96 bits per heavy atom. The molecule has 0 spiro atoms. The summed E-state index contributed by atoms with van der Waals surface area (Å²) in [6, 6.07) is 46.4. The molecular weight excluding hydrogens is 627 g/mol. The molecule has 6 nitrogen and oxygen atoms in total. The van der Waals surface area contributed by atoms with Crippen LogP contribution in [0.2, 0.25) is 0 Å². The maximum absolute atomic E-state index is 6.48. The third kappa shape index (κ3) is 4.20. The van der Waals surface area contributed by atoms with E-state index in [0.717, 1.165) is 67.7 Å². The van der Waals surface area contributed by atoms with Gasteiger partial charge in [0.05, 0.1) is 27.6 Å². The number of para-hydroxylation sites is 4. The number of nitrogens with zero attached hydrogens (tertiary/aromatic N) is 5. The molecule has 0 fully saturated rings. The number of rotatable bonds is 4. The first-order chi connectivity index (χ1) is 25.3. The minimum absolute atomic E-state index is 0.556. The molecule has 0 radical (unpaired) electrons. The van der Waals surface area contributed by atoms with Crippen LogP contribution in [0, 0.1) is 0 Å². The van der Waals surface area contributed by atoms with Crippen LogP contribution in [0.15, 0.2) is 156 Å². The number of fused-ring (bicyclic) bond motifs is 9. The van der Waals surface area contributed by atoms with E-state index in [9.17, 15) is 0 Å². The summed E-state index contributed by atoms with van der Waals surface area (Å²) in [7, 11) is 0. The van der Waals surface area contributed by atoms with Gasteiger partial charge in [-0.05, 0) is 55.3 Å². The Morgan fingerprint density at radius 1 is 0.510 bits per heavy atom. The van der Waals surface area contributed by atoms with Crippen LogP contribution in [-0.4, -0.2) is 24.1 Å². The number of hydrogen-bond donors (Lipinski definition) is 0. The molecule has 4 heterocycles. The molecule has 0 saturated heterocycles. The molecule has 0 aliphatic heterocycles. The lowest BCUT2D eigenvalue weighted by Crippen LogP contribution is -2.06. The number of allylic oxidation sites excluding steroid dienone is 4. The summed E-state index contributed by atoms with van der Waals surface area (Å²) in [4.78, 5) is 15.6. The van der Waals surface area contributed by atoms with E-state index in [1.807, 2.05) is 54.6 Å². The second kappa shape index (κ2) is 10.9. The molecule has 6 heteroatoms. The third-order valence-electron chi connectivity index (χ3n) is 10.2. The molecule has 0 atom stereocenters. The zero-order valence-electron chi connectivity index (χ0n) is 27.5. The average Bonchev–Trinajstić information content (AvgIpc) is 3.85. The summed E-state index contributed by atoms with van der Waals surface area (Å²) in [5.41, 5.74) is 9.08. The van der Waals surface area contributed by atoms with Crippen LogP contribution in [0.4, 0.5) is 0 Å². The summed E-state index contributed by atoms with van der Waals surface area (Å²) in [5.74, 6) is 1.72. The van der Waals surface area contributed by atoms with Crippen LogP contribution in [0.5, 0.6) is 0 Å². The van der Waals surface area contributed by atoms with Gasteiger partial charge in [0.2, 0.25) is 5.95 Å². The van der Waals surface area contributed by atoms with Crippen molar-refractivity contribution in [1.29, 1.82) is 0 Å². The Bertz CT molecular complexity index is 3090. The lowest BCUT2D eigenvalue weighted by Gasteiger charge is -2.14. The average molecular weight is 656 g/mol. The molecule has 51 heavy (non-hydrogen) atoms. The van der Waals surface area contributed by atoms with E-state index in [-0.39, 0.29) is 0 Å². The predicted octanol–water partition coefficient (Wildman–Crippen LogP) is 11.5. The van der Waals surface area contributed by atoms with Gasteiger partial charge >= 0.3 is 0 Å². The monoisotopic (exact) mass is 655 g/mol. The summed E-state index contributed by atoms with van der Waals surface area (Å²) in [5, 5.41) is 6.88. The summed E-state index contributed by atoms with van der Waals surface area (Å²) >= 11 is 0. The largest absolute Gasteiger partial charge is 0.455 e. The smallest absolute Gasteiger partial charge is 0.238 e. The standard InChI is InChI=1S/C45H29N5O/c1-3-14-28(15-4-1)43-46-44(34-22-13-21-33-32-20-9-12-25-41(32)51-42(33)34)48-45(47-43)50-38-24-11-8-19-31(38)36-26-35-30-18-7-10-23-37(30)49(39(35)27-40(36)50)29-16-5-2-6-17-29/h1-5,7-16,18-27H,6,17H2. The molecular formula is C45H29N5O. The predicted molar refractivity (Wildman–Crippen MR) is 208 cm³/mol. The number of furan rings is 1. The fraction of sp³-hybridized carbons (Fsp3) is 0.0444. The van der Waals surface area contributed by atoms with Crippen molar-refractivity contribution in [3.8, 4) is 28.7 Å². The van der Waals surface area contributed by atoms with E-state index in [4.69, 9.17) is 19.4 Å². The molecule has 1 aliphatic carbocycles. The molecule has 240 valence electrons. The maximum atomic E-state index is 6.48. The zero-order chi connectivity index (χ0) is 33.5. The van der Waals surface area contributed by atoms with E-state index in [0.29, 0.717) is 17.6 Å². The minimum atomic E-state index is 0.556. The van der Waals surface area contributed by atoms with Crippen LogP contribution in [0.25, 0.3) is 100.0 Å². The molecule has 0 N–H and O–H groups in total. The van der Waals surface area contributed by atoms with E-state index in [1.165, 1.54) is 27.5 Å². The Kier molecular flexibility index (Phi) is 5.98. The SMILES string of the molecule is C1=CCCC(n2c3ccccc3c3cc4c5ccccc5n(-c5nc(-c6ccccc6)nc(-c6cccc7c6oc6ccccc67)n5)c4cc32)=C1. The van der Waals surface area contributed by atoms with Crippen molar-refractivity contribution in [2.45, 2.75) is 12.8 Å². The lowest BCUT2D eigenvalue weighted by molar-refractivity contribution is 0.669. The van der Waals surface area contributed by atoms with Crippen LogP contribution >= 0.6 is 0 Å². The lowest BCUT2D eigenvalue weighted by atomic mass is 10.1. The molecule has 0 saturated carbocycles. The molecule has 10 aromatic rings. The molecule has 0 amide bonds. The van der Waals surface area contributed by atoms with Crippen molar-refractivity contribution in [2.75, 3.05) is 0 Å². The van der Waals surface area contributed by atoms with Crippen LogP contribution in [0.1, 0.15) is 12.8 Å². The van der Waals surface area contributed by atoms with Gasteiger partial charge in [0.25, 0.3) is 0 Å². The molecule has 0 bridgehead atoms. The number of aromatic nitrogens is 5. The van der Waals surface area contributed by atoms with Crippen molar-refractivity contribution in [2.24, 2.45) is 0 Å². The van der Waals surface area contributed by atoms with Crippen LogP contribution in [-0.2, 0) is 0 Å². The van der Waals surface area contributed by atoms with Gasteiger partial charge < -0.3 is 8.98 Å². The van der Waals surface area contributed by atoms with Crippen molar-refractivity contribution in [3.63, 3.8) is 0 Å². The highest BCUT2D eigenvalue weighted by molar-refractivity contribution is 6.19. The first-order valence-electron chi connectivity index (χ1n) is 17.4. The Hall–Kier alpha value is -6.79. The quantitative estimate of drug-likeness (QED) is 0.189. The van der Waals surface area contributed by atoms with E-state index < -0.39 is 0 Å². The van der Waals surface area contributed by atoms with E-state index in [1.54, 1.807) is 0 Å². The second-order valence-corrected chi connectivity index (χ2v) is 13.1. The van der Waals surface area contributed by atoms with Crippen molar-refractivity contribution >= 4 is 71.2 Å². The van der Waals surface area contributed by atoms with Gasteiger partial charge in [0, 0.05) is 43.6 Å². The van der Waals surface area contributed by atoms with E-state index in [2.05, 4.69) is 106 Å². The van der Waals surface area contributed by atoms with Crippen molar-refractivity contribution < 1.29 is 4.42 Å². The van der Waals surface area contributed by atoms with Crippen molar-refractivity contribution in [1.82, 2.24) is 24.1 Å². The highest BCUT2D eigenvalue weighted by atomic mass is 16.3. The first-order valence-corrected chi connectivity index (χ1v) is 17.4. The number of hydrogen-bond acceptors (Lipinski definition) is 4.